The normalized spacial score (nSPS) is 22.5. The molecule has 5 heteroatoms. The number of rotatable bonds is 6. The molecule has 2 aromatic rings. The summed E-state index contributed by atoms with van der Waals surface area (Å²) in [5.41, 5.74) is 5.12. The van der Waals surface area contributed by atoms with Gasteiger partial charge in [0.25, 0.3) is 0 Å². The number of hydrogen-bond donors (Lipinski definition) is 1. The molecule has 1 aliphatic heterocycles. The van der Waals surface area contributed by atoms with Crippen LogP contribution < -0.4 is 4.74 Å². The van der Waals surface area contributed by atoms with E-state index in [-0.39, 0.29) is 12.0 Å². The third-order valence-corrected chi connectivity index (χ3v) is 5.54. The molecule has 1 N–H and O–H groups in total. The van der Waals surface area contributed by atoms with E-state index in [4.69, 9.17) is 4.74 Å². The standard InChI is InChI=1S/C21H27N3O2/c1-2-26-21-10-16-5-3-4-15(16)8-18(21)13-24-12-17(20(25)14-24)9-19-11-22-6-7-23-19/h6-8,10-11,17,20,25H,2-5,9,12-14H2,1H3/t17-,20-/m1/s1. The van der Waals surface area contributed by atoms with Crippen molar-refractivity contribution < 1.29 is 9.84 Å². The number of fused-ring (bicyclic) bond motifs is 1. The minimum atomic E-state index is -0.318. The first-order valence-electron chi connectivity index (χ1n) is 9.65. The van der Waals surface area contributed by atoms with Crippen molar-refractivity contribution in [1.82, 2.24) is 14.9 Å². The molecule has 138 valence electrons. The summed E-state index contributed by atoms with van der Waals surface area (Å²) >= 11 is 0. The predicted octanol–water partition coefficient (Wildman–Crippen LogP) is 2.40. The smallest absolute Gasteiger partial charge is 0.124 e. The SMILES string of the molecule is CCOc1cc2c(cc1CN1C[C@@H](Cc3cnccn3)[C@H](O)C1)CCC2. The molecule has 5 nitrogen and oxygen atoms in total. The van der Waals surface area contributed by atoms with E-state index < -0.39 is 0 Å². The number of aryl methyl sites for hydroxylation is 2. The molecule has 1 fully saturated rings. The highest BCUT2D eigenvalue weighted by molar-refractivity contribution is 5.45. The van der Waals surface area contributed by atoms with Gasteiger partial charge in [-0.25, -0.2) is 0 Å². The molecular weight excluding hydrogens is 326 g/mol. The molecule has 0 amide bonds. The van der Waals surface area contributed by atoms with E-state index in [0.717, 1.165) is 37.4 Å². The molecule has 0 bridgehead atoms. The average Bonchev–Trinajstić information content (AvgIpc) is 3.22. The summed E-state index contributed by atoms with van der Waals surface area (Å²) < 4.78 is 5.91. The zero-order valence-corrected chi connectivity index (χ0v) is 15.4. The van der Waals surface area contributed by atoms with E-state index in [9.17, 15) is 5.11 Å². The molecule has 0 unspecified atom stereocenters. The van der Waals surface area contributed by atoms with Gasteiger partial charge in [0.05, 0.1) is 18.4 Å². The van der Waals surface area contributed by atoms with Crippen molar-refractivity contribution in [2.24, 2.45) is 5.92 Å². The fraction of sp³-hybridized carbons (Fsp3) is 0.524. The molecule has 26 heavy (non-hydrogen) atoms. The molecule has 4 rings (SSSR count). The first-order valence-corrected chi connectivity index (χ1v) is 9.65. The lowest BCUT2D eigenvalue weighted by Crippen LogP contribution is -2.22. The number of ether oxygens (including phenoxy) is 1. The molecule has 1 aliphatic carbocycles. The maximum atomic E-state index is 10.5. The Bertz CT molecular complexity index is 750. The van der Waals surface area contributed by atoms with Gasteiger partial charge in [-0.15, -0.1) is 0 Å². The van der Waals surface area contributed by atoms with Gasteiger partial charge in [-0.3, -0.25) is 14.9 Å². The highest BCUT2D eigenvalue weighted by Crippen LogP contribution is 2.32. The first-order chi connectivity index (χ1) is 12.7. The topological polar surface area (TPSA) is 58.5 Å². The first kappa shape index (κ1) is 17.4. The number of benzene rings is 1. The van der Waals surface area contributed by atoms with Gasteiger partial charge in [0.15, 0.2) is 0 Å². The lowest BCUT2D eigenvalue weighted by molar-refractivity contribution is 0.140. The van der Waals surface area contributed by atoms with Gasteiger partial charge in [-0.05, 0) is 49.8 Å². The lowest BCUT2D eigenvalue weighted by atomic mass is 10.0. The largest absolute Gasteiger partial charge is 0.494 e. The number of aromatic nitrogens is 2. The number of aliphatic hydroxyl groups excluding tert-OH is 1. The third-order valence-electron chi connectivity index (χ3n) is 5.54. The predicted molar refractivity (Wildman–Crippen MR) is 100 cm³/mol. The van der Waals surface area contributed by atoms with Crippen molar-refractivity contribution in [3.63, 3.8) is 0 Å². The number of hydrogen-bond acceptors (Lipinski definition) is 5. The van der Waals surface area contributed by atoms with Crippen LogP contribution in [0.25, 0.3) is 0 Å². The van der Waals surface area contributed by atoms with Crippen molar-refractivity contribution >= 4 is 0 Å². The summed E-state index contributed by atoms with van der Waals surface area (Å²) in [6.45, 7) is 5.13. The Morgan fingerprint density at radius 3 is 2.81 bits per heavy atom. The summed E-state index contributed by atoms with van der Waals surface area (Å²) in [6, 6.07) is 4.57. The van der Waals surface area contributed by atoms with Crippen LogP contribution >= 0.6 is 0 Å². The van der Waals surface area contributed by atoms with Crippen LogP contribution in [0.1, 0.15) is 35.7 Å². The Kier molecular flexibility index (Phi) is 5.18. The van der Waals surface area contributed by atoms with E-state index in [1.54, 1.807) is 18.6 Å². The van der Waals surface area contributed by atoms with Crippen molar-refractivity contribution in [2.45, 2.75) is 45.3 Å². The van der Waals surface area contributed by atoms with Crippen LogP contribution in [0.4, 0.5) is 0 Å². The fourth-order valence-electron chi connectivity index (χ4n) is 4.28. The molecule has 0 saturated carbocycles. The van der Waals surface area contributed by atoms with Crippen LogP contribution in [0.5, 0.6) is 5.75 Å². The molecule has 2 atom stereocenters. The molecule has 1 aromatic heterocycles. The number of likely N-dealkylation sites (tertiary alicyclic amines) is 1. The summed E-state index contributed by atoms with van der Waals surface area (Å²) in [4.78, 5) is 10.8. The van der Waals surface area contributed by atoms with E-state index in [0.29, 0.717) is 13.2 Å². The summed E-state index contributed by atoms with van der Waals surface area (Å²) in [5, 5.41) is 10.5. The Hall–Kier alpha value is -1.98. The van der Waals surface area contributed by atoms with Crippen LogP contribution in [0.15, 0.2) is 30.7 Å². The zero-order valence-electron chi connectivity index (χ0n) is 15.4. The fourth-order valence-corrected chi connectivity index (χ4v) is 4.28. The molecule has 2 aliphatic rings. The molecule has 0 spiro atoms. The number of aliphatic hydroxyl groups is 1. The molecule has 0 radical (unpaired) electrons. The van der Waals surface area contributed by atoms with Crippen molar-refractivity contribution in [3.8, 4) is 5.75 Å². The second-order valence-corrected chi connectivity index (χ2v) is 7.44. The van der Waals surface area contributed by atoms with Crippen LogP contribution in [-0.2, 0) is 25.8 Å². The van der Waals surface area contributed by atoms with Gasteiger partial charge in [-0.1, -0.05) is 6.07 Å². The Morgan fingerprint density at radius 1 is 1.19 bits per heavy atom. The minimum absolute atomic E-state index is 0.205. The van der Waals surface area contributed by atoms with Gasteiger partial charge in [0.1, 0.15) is 5.75 Å². The van der Waals surface area contributed by atoms with Crippen LogP contribution in [0, 0.1) is 5.92 Å². The van der Waals surface area contributed by atoms with Crippen molar-refractivity contribution in [1.29, 1.82) is 0 Å². The highest BCUT2D eigenvalue weighted by atomic mass is 16.5. The highest BCUT2D eigenvalue weighted by Gasteiger charge is 2.32. The van der Waals surface area contributed by atoms with Gasteiger partial charge < -0.3 is 9.84 Å². The minimum Gasteiger partial charge on any atom is -0.494 e. The van der Waals surface area contributed by atoms with Gasteiger partial charge in [0.2, 0.25) is 0 Å². The summed E-state index contributed by atoms with van der Waals surface area (Å²) in [7, 11) is 0. The number of nitrogens with zero attached hydrogens (tertiary/aromatic N) is 3. The van der Waals surface area contributed by atoms with Crippen LogP contribution in [0.2, 0.25) is 0 Å². The molecule has 1 aromatic carbocycles. The molecule has 2 heterocycles. The van der Waals surface area contributed by atoms with Gasteiger partial charge in [0, 0.05) is 49.7 Å². The maximum absolute atomic E-state index is 10.5. The quantitative estimate of drug-likeness (QED) is 0.864. The van der Waals surface area contributed by atoms with Crippen molar-refractivity contribution in [2.75, 3.05) is 19.7 Å². The monoisotopic (exact) mass is 353 g/mol. The maximum Gasteiger partial charge on any atom is 0.124 e. The van der Waals surface area contributed by atoms with Crippen LogP contribution in [0.3, 0.4) is 0 Å². The average molecular weight is 353 g/mol. The van der Waals surface area contributed by atoms with E-state index in [1.165, 1.54) is 29.5 Å². The Balaban J connectivity index is 1.46. The van der Waals surface area contributed by atoms with E-state index >= 15 is 0 Å². The lowest BCUT2D eigenvalue weighted by Gasteiger charge is -2.19. The number of β-amino-alcohol motifs (C(OH)–C–C–N with tert-alkyl or cyclic N) is 1. The second-order valence-electron chi connectivity index (χ2n) is 7.44. The second kappa shape index (κ2) is 7.72. The summed E-state index contributed by atoms with van der Waals surface area (Å²) in [5.74, 6) is 1.22. The van der Waals surface area contributed by atoms with Crippen LogP contribution in [-0.4, -0.2) is 45.8 Å². The Morgan fingerprint density at radius 2 is 2.04 bits per heavy atom. The van der Waals surface area contributed by atoms with Gasteiger partial charge in [-0.2, -0.15) is 0 Å². The summed E-state index contributed by atoms with van der Waals surface area (Å²) in [6.07, 6.45) is 9.23. The third kappa shape index (κ3) is 3.74. The van der Waals surface area contributed by atoms with Gasteiger partial charge >= 0.3 is 0 Å². The van der Waals surface area contributed by atoms with E-state index in [2.05, 4.69) is 27.0 Å². The Labute approximate surface area is 155 Å². The molecular formula is C21H27N3O2. The van der Waals surface area contributed by atoms with Crippen molar-refractivity contribution in [3.05, 3.63) is 53.1 Å². The zero-order chi connectivity index (χ0) is 17.9. The van der Waals surface area contributed by atoms with E-state index in [1.807, 2.05) is 6.92 Å². The molecule has 1 saturated heterocycles.